The second-order valence-electron chi connectivity index (χ2n) is 12.7. The maximum Gasteiger partial charge on any atom is 0.411 e. The zero-order valence-electron chi connectivity index (χ0n) is 25.5. The second kappa shape index (κ2) is 13.6. The first kappa shape index (κ1) is 30.4. The molecule has 0 unspecified atom stereocenters. The number of aromatic hydroxyl groups is 1. The van der Waals surface area contributed by atoms with E-state index in [1.54, 1.807) is 29.2 Å². The number of fused-ring (bicyclic) bond motifs is 1. The lowest BCUT2D eigenvalue weighted by atomic mass is 9.84. The molecule has 3 fully saturated rings. The summed E-state index contributed by atoms with van der Waals surface area (Å²) in [4.78, 5) is 48.5. The summed E-state index contributed by atoms with van der Waals surface area (Å²) in [5.74, 6) is 0.153. The number of aldehydes is 1. The van der Waals surface area contributed by atoms with Gasteiger partial charge in [0.05, 0.1) is 0 Å². The molecule has 10 heteroatoms. The first-order valence-corrected chi connectivity index (χ1v) is 16.3. The monoisotopic (exact) mass is 603 g/mol. The van der Waals surface area contributed by atoms with Gasteiger partial charge in [-0.2, -0.15) is 0 Å². The van der Waals surface area contributed by atoms with Gasteiger partial charge >= 0.3 is 12.1 Å². The van der Waals surface area contributed by atoms with Gasteiger partial charge in [-0.25, -0.2) is 9.59 Å². The molecule has 0 spiro atoms. The minimum Gasteiger partial charge on any atom is -0.508 e. The fraction of sp³-hybridized carbons (Fsp3) is 0.559. The average molecular weight is 604 g/mol. The summed E-state index contributed by atoms with van der Waals surface area (Å²) in [6, 6.07) is 14.8. The number of phenolic OH excluding ortho intramolecular Hbond substituents is 1. The number of urea groups is 1. The molecular weight excluding hydrogens is 558 g/mol. The number of amides is 3. The topological polar surface area (TPSA) is 106 Å². The van der Waals surface area contributed by atoms with E-state index in [0.29, 0.717) is 32.0 Å². The van der Waals surface area contributed by atoms with Crippen LogP contribution in [0, 0.1) is 0 Å². The van der Waals surface area contributed by atoms with Gasteiger partial charge in [0.1, 0.15) is 24.3 Å². The van der Waals surface area contributed by atoms with Crippen LogP contribution in [-0.4, -0.2) is 100 Å². The van der Waals surface area contributed by atoms with Crippen molar-refractivity contribution in [3.05, 3.63) is 59.7 Å². The Bertz CT molecular complexity index is 1310. The maximum absolute atomic E-state index is 13.8. The molecule has 10 nitrogen and oxygen atoms in total. The number of likely N-dealkylation sites (tertiary alicyclic amines) is 3. The highest BCUT2D eigenvalue weighted by atomic mass is 16.6. The predicted octanol–water partition coefficient (Wildman–Crippen LogP) is 4.82. The Balaban J connectivity index is 1.24. The molecule has 236 valence electrons. The first-order valence-electron chi connectivity index (χ1n) is 16.3. The molecule has 0 radical (unpaired) electrons. The number of hydrogen-bond donors (Lipinski definition) is 2. The third-order valence-corrected chi connectivity index (χ3v) is 10.2. The number of piperidine rings is 3. The average Bonchev–Trinajstić information content (AvgIpc) is 3.23. The summed E-state index contributed by atoms with van der Waals surface area (Å²) in [7, 11) is 0. The lowest BCUT2D eigenvalue weighted by Gasteiger charge is -2.57. The fourth-order valence-electron chi connectivity index (χ4n) is 7.84. The summed E-state index contributed by atoms with van der Waals surface area (Å²) in [6.07, 6.45) is 8.23. The van der Waals surface area contributed by atoms with E-state index in [2.05, 4.69) is 21.2 Å². The number of benzene rings is 2. The zero-order chi connectivity index (χ0) is 30.5. The van der Waals surface area contributed by atoms with Crippen LogP contribution in [0.1, 0.15) is 62.5 Å². The Hall–Kier alpha value is -3.63. The van der Waals surface area contributed by atoms with E-state index < -0.39 is 11.8 Å². The summed E-state index contributed by atoms with van der Waals surface area (Å²) < 4.78 is 5.84. The zero-order valence-corrected chi connectivity index (χ0v) is 25.5. The van der Waals surface area contributed by atoms with Crippen LogP contribution in [0.3, 0.4) is 0 Å². The number of para-hydroxylation sites is 1. The van der Waals surface area contributed by atoms with Crippen LogP contribution in [0.5, 0.6) is 5.75 Å². The van der Waals surface area contributed by atoms with Gasteiger partial charge in [0, 0.05) is 56.8 Å². The van der Waals surface area contributed by atoms with Crippen molar-refractivity contribution in [3.8, 4) is 5.75 Å². The number of rotatable bonds is 7. The highest BCUT2D eigenvalue weighted by Gasteiger charge is 2.52. The van der Waals surface area contributed by atoms with E-state index in [1.165, 1.54) is 19.3 Å². The molecule has 4 heterocycles. The van der Waals surface area contributed by atoms with Crippen molar-refractivity contribution in [2.45, 2.75) is 82.1 Å². The molecule has 4 aliphatic rings. The molecule has 44 heavy (non-hydrogen) atoms. The SMILES string of the molecule is O=CC[C@@]1(N2CCC(N3CCCCC3)CC2)C[C@H](N2CCc3ccccc3NC2=O)CCN1C(=O)OCc1ccc(O)cc1. The molecule has 2 atom stereocenters. The molecule has 6 rings (SSSR count). The number of hydrogen-bond acceptors (Lipinski definition) is 7. The van der Waals surface area contributed by atoms with Crippen molar-refractivity contribution >= 4 is 24.1 Å². The number of nitrogens with zero attached hydrogens (tertiary/aromatic N) is 4. The Labute approximate surface area is 259 Å². The van der Waals surface area contributed by atoms with Gasteiger partial charge in [-0.15, -0.1) is 0 Å². The normalized spacial score (nSPS) is 25.5. The van der Waals surface area contributed by atoms with Gasteiger partial charge in [0.25, 0.3) is 0 Å². The molecule has 2 aromatic carbocycles. The van der Waals surface area contributed by atoms with Crippen molar-refractivity contribution in [1.82, 2.24) is 19.6 Å². The van der Waals surface area contributed by atoms with Crippen molar-refractivity contribution in [2.75, 3.05) is 44.6 Å². The van der Waals surface area contributed by atoms with Gasteiger partial charge in [-0.1, -0.05) is 36.8 Å². The Morgan fingerprint density at radius 3 is 2.41 bits per heavy atom. The third-order valence-electron chi connectivity index (χ3n) is 10.2. The lowest BCUT2D eigenvalue weighted by Crippen LogP contribution is -2.70. The van der Waals surface area contributed by atoms with Gasteiger partial charge in [-0.3, -0.25) is 9.80 Å². The van der Waals surface area contributed by atoms with E-state index >= 15 is 0 Å². The number of phenols is 1. The molecular formula is C34H45N5O5. The van der Waals surface area contributed by atoms with Crippen molar-refractivity contribution in [1.29, 1.82) is 0 Å². The summed E-state index contributed by atoms with van der Waals surface area (Å²) in [5.41, 5.74) is 1.84. The van der Waals surface area contributed by atoms with Gasteiger partial charge < -0.3 is 29.8 Å². The van der Waals surface area contributed by atoms with Crippen LogP contribution in [0.15, 0.2) is 48.5 Å². The maximum atomic E-state index is 13.8. The molecule has 3 amide bonds. The van der Waals surface area contributed by atoms with Crippen LogP contribution in [-0.2, 0) is 22.6 Å². The quantitative estimate of drug-likeness (QED) is 0.437. The molecule has 0 bridgehead atoms. The Morgan fingerprint density at radius 1 is 0.932 bits per heavy atom. The molecule has 4 aliphatic heterocycles. The van der Waals surface area contributed by atoms with E-state index in [0.717, 1.165) is 68.5 Å². The summed E-state index contributed by atoms with van der Waals surface area (Å²) >= 11 is 0. The smallest absolute Gasteiger partial charge is 0.411 e. The van der Waals surface area contributed by atoms with Crippen molar-refractivity contribution in [3.63, 3.8) is 0 Å². The molecule has 0 saturated carbocycles. The van der Waals surface area contributed by atoms with E-state index in [4.69, 9.17) is 4.74 Å². The predicted molar refractivity (Wildman–Crippen MR) is 167 cm³/mol. The molecule has 2 aromatic rings. The molecule has 3 saturated heterocycles. The van der Waals surface area contributed by atoms with Crippen LogP contribution in [0.2, 0.25) is 0 Å². The highest BCUT2D eigenvalue weighted by Crippen LogP contribution is 2.40. The number of carbonyl (C=O) groups is 3. The van der Waals surface area contributed by atoms with E-state index in [9.17, 15) is 19.5 Å². The molecule has 0 aliphatic carbocycles. The van der Waals surface area contributed by atoms with Gasteiger partial charge in [0.15, 0.2) is 0 Å². The standard InChI is InChI=1S/C34H45N5O5/c40-23-16-34(37-19-13-28(14-20-37)36-17-4-1-5-18-36)24-29(38-21-12-27-6-2-3-7-31(27)35-32(38)42)15-22-39(34)33(43)44-25-26-8-10-30(41)11-9-26/h2-3,6-11,23,28-29,41H,1,4-5,12-22,24-25H2,(H,35,42)/t29-,34+/m1/s1. The Kier molecular flexibility index (Phi) is 9.37. The number of carbonyl (C=O) groups excluding carboxylic acids is 3. The van der Waals surface area contributed by atoms with Gasteiger partial charge in [0.2, 0.25) is 0 Å². The first-order chi connectivity index (χ1) is 21.5. The van der Waals surface area contributed by atoms with Crippen LogP contribution in [0.4, 0.5) is 15.3 Å². The third kappa shape index (κ3) is 6.42. The minimum absolute atomic E-state index is 0.0695. The van der Waals surface area contributed by atoms with Gasteiger partial charge in [-0.05, 0) is 80.9 Å². The largest absolute Gasteiger partial charge is 0.508 e. The van der Waals surface area contributed by atoms with Crippen molar-refractivity contribution < 1.29 is 24.2 Å². The second-order valence-corrected chi connectivity index (χ2v) is 12.7. The van der Waals surface area contributed by atoms with E-state index in [-0.39, 0.29) is 30.9 Å². The van der Waals surface area contributed by atoms with Crippen molar-refractivity contribution in [2.24, 2.45) is 0 Å². The van der Waals surface area contributed by atoms with Crippen LogP contribution in [0.25, 0.3) is 0 Å². The lowest BCUT2D eigenvalue weighted by molar-refractivity contribution is -0.128. The number of ether oxygens (including phenoxy) is 1. The van der Waals surface area contributed by atoms with Crippen LogP contribution < -0.4 is 5.32 Å². The Morgan fingerprint density at radius 2 is 1.66 bits per heavy atom. The fourth-order valence-corrected chi connectivity index (χ4v) is 7.84. The van der Waals surface area contributed by atoms with E-state index in [1.807, 2.05) is 23.1 Å². The highest BCUT2D eigenvalue weighted by molar-refractivity contribution is 5.91. The summed E-state index contributed by atoms with van der Waals surface area (Å²) in [6.45, 7) is 4.88. The molecule has 0 aromatic heterocycles. The number of nitrogens with one attached hydrogen (secondary N) is 1. The minimum atomic E-state index is -0.886. The van der Waals surface area contributed by atoms with Crippen LogP contribution >= 0.6 is 0 Å². The number of anilines is 1. The molecule has 2 N–H and O–H groups in total. The summed E-state index contributed by atoms with van der Waals surface area (Å²) in [5, 5.41) is 12.7.